The maximum Gasteiger partial charge on any atom is 0.140 e. The molecule has 0 aliphatic heterocycles. The lowest BCUT2D eigenvalue weighted by molar-refractivity contribution is 1.16. The Labute approximate surface area is 391 Å². The van der Waals surface area contributed by atoms with Crippen molar-refractivity contribution < 1.29 is 0 Å². The second-order valence-electron chi connectivity index (χ2n) is 16.5. The Morgan fingerprint density at radius 1 is 0.328 bits per heavy atom. The van der Waals surface area contributed by atoms with Gasteiger partial charge in [0.05, 0.1) is 17.1 Å². The molecule has 6 heterocycles. The summed E-state index contributed by atoms with van der Waals surface area (Å²) < 4.78 is 6.18. The van der Waals surface area contributed by atoms with Crippen molar-refractivity contribution >= 4 is 29.1 Å². The van der Waals surface area contributed by atoms with Crippen molar-refractivity contribution in [2.45, 2.75) is 13.8 Å². The molecule has 0 aliphatic rings. The highest BCUT2D eigenvalue weighted by molar-refractivity contribution is 5.73. The summed E-state index contributed by atoms with van der Waals surface area (Å²) in [5.74, 6) is 0. The molecule has 322 valence electrons. The van der Waals surface area contributed by atoms with Gasteiger partial charge in [-0.1, -0.05) is 188 Å². The summed E-state index contributed by atoms with van der Waals surface area (Å²) in [7, 11) is 0. The van der Waals surface area contributed by atoms with Crippen LogP contribution in [0.4, 0.5) is 0 Å². The molecular formula is C61H48N6. The molecule has 67 heavy (non-hydrogen) atoms. The minimum atomic E-state index is 0.968. The number of pyridine rings is 3. The van der Waals surface area contributed by atoms with Crippen LogP contribution in [0.5, 0.6) is 0 Å². The molecule has 6 aromatic carbocycles. The second-order valence-corrected chi connectivity index (χ2v) is 16.5. The lowest BCUT2D eigenvalue weighted by Crippen LogP contribution is -1.83. The average Bonchev–Trinajstić information content (AvgIpc) is 4.15. The van der Waals surface area contributed by atoms with E-state index in [1.165, 1.54) is 44.5 Å². The molecule has 0 saturated heterocycles. The van der Waals surface area contributed by atoms with Gasteiger partial charge in [-0.3, -0.25) is 0 Å². The predicted molar refractivity (Wildman–Crippen MR) is 278 cm³/mol. The zero-order valence-corrected chi connectivity index (χ0v) is 37.4. The normalized spacial score (nSPS) is 11.1. The molecule has 6 heteroatoms. The first-order chi connectivity index (χ1) is 33.0. The molecule has 12 rings (SSSR count). The maximum absolute atomic E-state index is 4.75. The van der Waals surface area contributed by atoms with E-state index < -0.39 is 0 Å². The number of aromatic nitrogens is 6. The van der Waals surface area contributed by atoms with Crippen LogP contribution < -0.4 is 0 Å². The van der Waals surface area contributed by atoms with Crippen molar-refractivity contribution in [1.82, 2.24) is 28.2 Å². The van der Waals surface area contributed by atoms with E-state index in [1.807, 2.05) is 71.4 Å². The molecule has 12 aromatic rings. The van der Waals surface area contributed by atoms with Crippen LogP contribution in [-0.2, 0) is 0 Å². The molecule has 0 amide bonds. The lowest BCUT2D eigenvalue weighted by atomic mass is 10.0. The Morgan fingerprint density at radius 3 is 1.33 bits per heavy atom. The van der Waals surface area contributed by atoms with Gasteiger partial charge >= 0.3 is 0 Å². The quantitative estimate of drug-likeness (QED) is 0.150. The van der Waals surface area contributed by atoms with Crippen molar-refractivity contribution in [3.8, 4) is 56.0 Å². The van der Waals surface area contributed by atoms with Crippen LogP contribution in [0.15, 0.2) is 243 Å². The van der Waals surface area contributed by atoms with E-state index in [1.54, 1.807) is 0 Å². The number of nitrogens with zero attached hydrogens (tertiary/aromatic N) is 6. The summed E-state index contributed by atoms with van der Waals surface area (Å²) in [6.45, 7) is 4.17. The predicted octanol–water partition coefficient (Wildman–Crippen LogP) is 15.1. The monoisotopic (exact) mass is 864 g/mol. The highest BCUT2D eigenvalue weighted by Gasteiger charge is 2.08. The minimum Gasteiger partial charge on any atom is -0.306 e. The summed E-state index contributed by atoms with van der Waals surface area (Å²) in [5, 5.41) is 0. The SMILES string of the molecule is C(=C\c1ccc(-c2cn3ccccc3n2)cc1)/c1ccccc1.Cc1cccn2cc(-c3ccc(-c4ccccc4)cc3)nc12.Cc1ccn2cc(-c3ccc(-c4ccccc4)cc3)nc2c1. The van der Waals surface area contributed by atoms with Crippen LogP contribution >= 0.6 is 0 Å². The fourth-order valence-electron chi connectivity index (χ4n) is 8.04. The Balaban J connectivity index is 0.000000118. The molecule has 6 nitrogen and oxygen atoms in total. The van der Waals surface area contributed by atoms with Gasteiger partial charge in [-0.25, -0.2) is 15.0 Å². The minimum absolute atomic E-state index is 0.968. The van der Waals surface area contributed by atoms with Gasteiger partial charge in [0.15, 0.2) is 0 Å². The standard InChI is InChI=1S/C21H16N2.2C20H16N2/c1-2-6-17(7-3-1)9-10-18-11-13-19(14-12-18)20-16-23-15-5-4-8-21(23)22-20;1-15-6-5-13-22-14-19(21-20(15)22)18-11-9-17(10-12-18)16-7-3-2-4-8-16;1-15-11-12-22-14-19(21-20(22)13-15)18-9-7-17(8-10-18)16-5-3-2-4-6-16/h1-16H;2*2-14H,1H3/b10-9+;;. The average molecular weight is 865 g/mol. The molecule has 0 spiro atoms. The van der Waals surface area contributed by atoms with Crippen molar-refractivity contribution in [3.63, 3.8) is 0 Å². The molecule has 0 atom stereocenters. The Kier molecular flexibility index (Phi) is 12.2. The third-order valence-electron chi connectivity index (χ3n) is 11.7. The molecule has 0 unspecified atom stereocenters. The first-order valence-electron chi connectivity index (χ1n) is 22.5. The van der Waals surface area contributed by atoms with E-state index in [0.717, 1.165) is 50.7 Å². The van der Waals surface area contributed by atoms with Gasteiger partial charge in [0.25, 0.3) is 0 Å². The number of hydrogen-bond donors (Lipinski definition) is 0. The van der Waals surface area contributed by atoms with Crippen LogP contribution in [-0.4, -0.2) is 28.2 Å². The Bertz CT molecular complexity index is 3510. The van der Waals surface area contributed by atoms with Crippen molar-refractivity contribution in [1.29, 1.82) is 0 Å². The third kappa shape index (κ3) is 9.95. The van der Waals surface area contributed by atoms with Crippen LogP contribution in [0.25, 0.3) is 85.1 Å². The summed E-state index contributed by atoms with van der Waals surface area (Å²) in [6.07, 6.45) is 16.6. The topological polar surface area (TPSA) is 51.9 Å². The lowest BCUT2D eigenvalue weighted by Gasteiger charge is -2.02. The van der Waals surface area contributed by atoms with Gasteiger partial charge in [-0.15, -0.1) is 0 Å². The van der Waals surface area contributed by atoms with E-state index in [0.29, 0.717) is 0 Å². The fraction of sp³-hybridized carbons (Fsp3) is 0.0328. The number of aryl methyl sites for hydroxylation is 2. The number of benzene rings is 6. The zero-order chi connectivity index (χ0) is 45.4. The second kappa shape index (κ2) is 19.5. The molecule has 6 aromatic heterocycles. The van der Waals surface area contributed by atoms with E-state index in [9.17, 15) is 0 Å². The Morgan fingerprint density at radius 2 is 0.761 bits per heavy atom. The highest BCUT2D eigenvalue weighted by Crippen LogP contribution is 2.27. The summed E-state index contributed by atoms with van der Waals surface area (Å²) in [5.41, 5.74) is 19.1. The number of fused-ring (bicyclic) bond motifs is 3. The van der Waals surface area contributed by atoms with Gasteiger partial charge in [0.1, 0.15) is 16.9 Å². The molecular weight excluding hydrogens is 817 g/mol. The van der Waals surface area contributed by atoms with Gasteiger partial charge in [0.2, 0.25) is 0 Å². The van der Waals surface area contributed by atoms with E-state index >= 15 is 0 Å². The largest absolute Gasteiger partial charge is 0.306 e. The first-order valence-corrected chi connectivity index (χ1v) is 22.5. The zero-order valence-electron chi connectivity index (χ0n) is 37.4. The first kappa shape index (κ1) is 42.1. The van der Waals surface area contributed by atoms with E-state index in [2.05, 4.69) is 216 Å². The number of hydrogen-bond acceptors (Lipinski definition) is 3. The van der Waals surface area contributed by atoms with Gasteiger partial charge in [-0.05, 0) is 88.7 Å². The highest BCUT2D eigenvalue weighted by atomic mass is 15.0. The molecule has 0 fully saturated rings. The number of rotatable bonds is 7. The maximum atomic E-state index is 4.75. The summed E-state index contributed by atoms with van der Waals surface area (Å²) >= 11 is 0. The van der Waals surface area contributed by atoms with E-state index in [4.69, 9.17) is 9.97 Å². The van der Waals surface area contributed by atoms with Gasteiger partial charge < -0.3 is 13.2 Å². The smallest absolute Gasteiger partial charge is 0.140 e. The van der Waals surface area contributed by atoms with Gasteiger partial charge in [-0.2, -0.15) is 0 Å². The molecule has 0 aliphatic carbocycles. The van der Waals surface area contributed by atoms with Crippen molar-refractivity contribution in [3.05, 3.63) is 266 Å². The van der Waals surface area contributed by atoms with Gasteiger partial charge in [0, 0.05) is 53.9 Å². The fourth-order valence-corrected chi connectivity index (χ4v) is 8.04. The molecule has 0 saturated carbocycles. The summed E-state index contributed by atoms with van der Waals surface area (Å²) in [4.78, 5) is 14.1. The molecule has 0 N–H and O–H groups in total. The van der Waals surface area contributed by atoms with Crippen molar-refractivity contribution in [2.75, 3.05) is 0 Å². The summed E-state index contributed by atoms with van der Waals surface area (Å²) in [6, 6.07) is 71.2. The molecule has 0 radical (unpaired) electrons. The van der Waals surface area contributed by atoms with E-state index in [-0.39, 0.29) is 0 Å². The molecule has 0 bridgehead atoms. The van der Waals surface area contributed by atoms with Crippen molar-refractivity contribution in [2.24, 2.45) is 0 Å². The third-order valence-corrected chi connectivity index (χ3v) is 11.7. The van der Waals surface area contributed by atoms with Crippen LogP contribution in [0.2, 0.25) is 0 Å². The van der Waals surface area contributed by atoms with Crippen LogP contribution in [0.3, 0.4) is 0 Å². The van der Waals surface area contributed by atoms with Crippen LogP contribution in [0, 0.1) is 13.8 Å². The Hall–Kier alpha value is -8.87. The van der Waals surface area contributed by atoms with Crippen LogP contribution in [0.1, 0.15) is 22.3 Å². The number of imidazole rings is 3.